The molecule has 123 heavy (non-hydrogen) atoms. The van der Waals surface area contributed by atoms with E-state index in [1.54, 1.807) is 154 Å². The number of nitriles is 3. The minimum Gasteiger partial charge on any atom is -0.497 e. The maximum absolute atomic E-state index is 11.3. The number of imide groups is 1. The Morgan fingerprint density at radius 2 is 0.862 bits per heavy atom. The molecule has 1 atom stereocenters. The summed E-state index contributed by atoms with van der Waals surface area (Å²) in [5.41, 5.74) is 13.4. The Kier molecular flexibility index (Phi) is 62.4. The molecule has 0 N–H and O–H groups in total. The quantitative estimate of drug-likeness (QED) is 0.0540. The average molecular weight is 1770 g/mol. The van der Waals surface area contributed by atoms with Crippen LogP contribution in [0.25, 0.3) is 0 Å². The van der Waals surface area contributed by atoms with Crippen molar-refractivity contribution in [1.29, 1.82) is 15.8 Å². The number of fused-ring (bicyclic) bond motifs is 1. The molecule has 680 valence electrons. The lowest BCUT2D eigenvalue weighted by molar-refractivity contribution is -0.145. The number of methoxy groups -OCH3 is 6. The third kappa shape index (κ3) is 48.4. The molecule has 1 unspecified atom stereocenters. The van der Waals surface area contributed by atoms with Gasteiger partial charge in [0.25, 0.3) is 11.8 Å². The van der Waals surface area contributed by atoms with Crippen molar-refractivity contribution in [3.05, 3.63) is 220 Å². The molecular formula is C100H150N8O11S4. The highest BCUT2D eigenvalue weighted by Crippen LogP contribution is 2.39. The van der Waals surface area contributed by atoms with Gasteiger partial charge in [-0.25, -0.2) is 4.98 Å². The zero-order valence-electron chi connectivity index (χ0n) is 80.8. The summed E-state index contributed by atoms with van der Waals surface area (Å²) in [7, 11) is 16.8. The highest BCUT2D eigenvalue weighted by atomic mass is 32.2. The average Bonchev–Trinajstić information content (AvgIpc) is 1.65. The Morgan fingerprint density at radius 3 is 1.03 bits per heavy atom. The molecule has 8 aromatic rings. The van der Waals surface area contributed by atoms with E-state index in [0.29, 0.717) is 52.4 Å². The second-order valence-electron chi connectivity index (χ2n) is 30.8. The zero-order chi connectivity index (χ0) is 94.5. The molecule has 2 aromatic heterocycles. The third-order valence-corrected chi connectivity index (χ3v) is 23.0. The number of benzene rings is 6. The molecule has 2 aliphatic heterocycles. The van der Waals surface area contributed by atoms with Crippen molar-refractivity contribution in [2.24, 2.45) is 14.1 Å². The van der Waals surface area contributed by atoms with Gasteiger partial charge in [0.05, 0.1) is 100 Å². The Balaban J connectivity index is -0.00000128. The van der Waals surface area contributed by atoms with Crippen molar-refractivity contribution in [3.63, 3.8) is 0 Å². The number of rotatable bonds is 19. The summed E-state index contributed by atoms with van der Waals surface area (Å²) in [5.74, 6) is 4.50. The number of amides is 3. The zero-order valence-corrected chi connectivity index (χ0v) is 84.0. The molecule has 1 fully saturated rings. The fourth-order valence-electron chi connectivity index (χ4n) is 10.1. The van der Waals surface area contributed by atoms with Gasteiger partial charge in [0.1, 0.15) is 16.2 Å². The normalized spacial score (nSPS) is 11.7. The predicted octanol–water partition coefficient (Wildman–Crippen LogP) is 23.3. The number of carbonyl (C=O) groups is 4. The number of hydrogen-bond donors (Lipinski definition) is 0. The summed E-state index contributed by atoms with van der Waals surface area (Å²) in [6, 6.07) is 50.8. The van der Waals surface area contributed by atoms with Gasteiger partial charge in [0.2, 0.25) is 5.91 Å². The van der Waals surface area contributed by atoms with Crippen molar-refractivity contribution in [2.75, 3.05) is 101 Å². The van der Waals surface area contributed by atoms with Crippen LogP contribution in [0.2, 0.25) is 0 Å². The van der Waals surface area contributed by atoms with Crippen LogP contribution in [-0.4, -0.2) is 163 Å². The van der Waals surface area contributed by atoms with Crippen molar-refractivity contribution >= 4 is 70.7 Å². The van der Waals surface area contributed by atoms with Gasteiger partial charge in [-0.15, -0.1) is 35.3 Å². The molecule has 4 heterocycles. The first-order valence-corrected chi connectivity index (χ1v) is 46.6. The van der Waals surface area contributed by atoms with Crippen LogP contribution < -0.4 is 28.4 Å². The molecule has 0 radical (unpaired) electrons. The van der Waals surface area contributed by atoms with Crippen molar-refractivity contribution in [1.82, 2.24) is 23.9 Å². The van der Waals surface area contributed by atoms with E-state index in [0.717, 1.165) is 55.0 Å². The number of thioether (sulfide) groups is 4. The fraction of sp³-hybridized carbons (Fsp3) is 0.500. The molecule has 19 nitrogen and oxygen atoms in total. The van der Waals surface area contributed by atoms with E-state index in [1.165, 1.54) is 66.7 Å². The molecule has 0 aliphatic carbocycles. The Bertz CT molecular complexity index is 3930. The summed E-state index contributed by atoms with van der Waals surface area (Å²) in [5, 5.41) is 24.6. The van der Waals surface area contributed by atoms with Crippen molar-refractivity contribution < 1.29 is 52.3 Å². The maximum atomic E-state index is 11.3. The number of likely N-dealkylation sites (tertiary alicyclic amines) is 1. The smallest absolute Gasteiger partial charge is 0.321 e. The van der Waals surface area contributed by atoms with Gasteiger partial charge in [-0.1, -0.05) is 163 Å². The highest BCUT2D eigenvalue weighted by Gasteiger charge is 2.32. The first kappa shape index (κ1) is 118. The number of esters is 1. The number of imidazole rings is 1. The van der Waals surface area contributed by atoms with Crippen LogP contribution in [0.5, 0.6) is 34.5 Å². The number of carbonyl (C=O) groups excluding carboxylic acids is 4. The lowest BCUT2D eigenvalue weighted by Crippen LogP contribution is -2.29. The van der Waals surface area contributed by atoms with E-state index in [-0.39, 0.29) is 38.1 Å². The van der Waals surface area contributed by atoms with E-state index < -0.39 is 4.75 Å². The minimum atomic E-state index is -0.393. The van der Waals surface area contributed by atoms with E-state index in [2.05, 4.69) is 161 Å². The van der Waals surface area contributed by atoms with Crippen LogP contribution in [-0.2, 0) is 77.8 Å². The van der Waals surface area contributed by atoms with Crippen molar-refractivity contribution in [2.45, 2.75) is 214 Å². The molecule has 0 bridgehead atoms. The number of hydrogen-bond acceptors (Lipinski definition) is 19. The molecule has 0 spiro atoms. The summed E-state index contributed by atoms with van der Waals surface area (Å²) in [4.78, 5) is 50.9. The summed E-state index contributed by atoms with van der Waals surface area (Å²) in [6.45, 7) is 41.6. The van der Waals surface area contributed by atoms with E-state index in [1.807, 2.05) is 165 Å². The number of nitrogens with zero attached hydrogens (tertiary/aromatic N) is 8. The van der Waals surface area contributed by atoms with Crippen molar-refractivity contribution in [3.8, 4) is 52.7 Å². The number of aromatic nitrogens is 3. The van der Waals surface area contributed by atoms with Gasteiger partial charge in [0.15, 0.2) is 23.0 Å². The molecule has 10 rings (SSSR count). The lowest BCUT2D eigenvalue weighted by atomic mass is 9.82. The molecule has 1 saturated heterocycles. The third-order valence-electron chi connectivity index (χ3n) is 19.0. The fourth-order valence-corrected chi connectivity index (χ4v) is 10.9. The van der Waals surface area contributed by atoms with Gasteiger partial charge in [-0.05, 0) is 222 Å². The number of ether oxygens (including phenoxy) is 7. The molecule has 0 saturated carbocycles. The second-order valence-corrected chi connectivity index (χ2v) is 35.8. The molecular weight excluding hydrogens is 1620 g/mol. The van der Waals surface area contributed by atoms with Crippen LogP contribution in [0, 0.1) is 34.0 Å². The summed E-state index contributed by atoms with van der Waals surface area (Å²) < 4.78 is 38.4. The molecule has 3 amide bonds. The molecule has 2 aliphatic rings. The van der Waals surface area contributed by atoms with Crippen LogP contribution >= 0.6 is 47.0 Å². The van der Waals surface area contributed by atoms with Crippen LogP contribution in [0.3, 0.4) is 0 Å². The Labute approximate surface area is 759 Å². The Hall–Kier alpha value is -9.44. The van der Waals surface area contributed by atoms with Gasteiger partial charge in [-0.3, -0.25) is 24.1 Å². The van der Waals surface area contributed by atoms with Gasteiger partial charge < -0.3 is 47.2 Å². The first-order valence-electron chi connectivity index (χ1n) is 41.5. The van der Waals surface area contributed by atoms with Gasteiger partial charge in [-0.2, -0.15) is 27.5 Å². The van der Waals surface area contributed by atoms with Gasteiger partial charge in [0, 0.05) is 78.1 Å². The SMILES string of the molecule is CC(C)(C)c1ccc(C(C)(C)C)cc1.CCC(C)(C#N)SC.CCOC(=O)C(C)(C)SC.CCc1cc(CC)c(CC)cc1CC.CCc1ccc(CC)cc1.CN1C(=O)c2ccccc2C1=O.CN1CCCC1=O.COc1cc(OC)c(OC)cc1OC.COc1ccc(OC)cc1.CSC(C)(C)C#N.CSCC#N.Cn1cccc1.Cn1ccnc1. The lowest BCUT2D eigenvalue weighted by Gasteiger charge is -2.23. The maximum Gasteiger partial charge on any atom is 0.321 e. The van der Waals surface area contributed by atoms with E-state index in [9.17, 15) is 19.2 Å². The van der Waals surface area contributed by atoms with E-state index in [4.69, 9.17) is 48.9 Å². The number of aryl methyl sites for hydroxylation is 8. The highest BCUT2D eigenvalue weighted by molar-refractivity contribution is 8.00. The Morgan fingerprint density at radius 1 is 0.472 bits per heavy atom. The summed E-state index contributed by atoms with van der Waals surface area (Å²) in [6.07, 6.45) is 26.8. The second kappa shape index (κ2) is 65.2. The minimum absolute atomic E-state index is 0.137. The summed E-state index contributed by atoms with van der Waals surface area (Å²) >= 11 is 6.22. The first-order chi connectivity index (χ1) is 58.0. The standard InChI is InChI=1S/2C14H22.C10H14O4.C10H14.C9H7NO2.C8H10O2.C7H14O2S.C6H11NS.C5H9NO.C5H9NS.C5H7N.C4H6N2.C3H5NS/c1-13(2,3)11-7-9-12(10-8-11)14(4,5)6;1-5-11-9-13(7-3)14(8-4)10-12(11)6-2;1-11-7-5-9(13-3)10(14-4)6-8(7)12-2;1-3-9-5-7-10(4-2)8-6-9;1-10-8(11)6-4-2-3-5-7(6)9(10)12;1-9-7-3-5-8(10-2)6-4-7;1-5-9-6(8)7(2,3)10-4;1-4-6(2,5-7)8-3;1-6-4-2-3-5(6)7;1-5(2,4-6)7-3;1-6-4-2-3-5-6;1-6-3-2-5-4-6;1-5-3-2-4/h7-10H,1-6H3;9-10H,5-8H2,1-4H3;5-6H,1-4H3;5-8H,3-4H2,1-2H3;2-5H,1H3;3-6H,1-2H3;5H2,1-4H3;4H2,1-3H3;2-4H2,1H3;1-3H3;2-5H,1H3;2-4H,1H3;3H2,1H3. The van der Waals surface area contributed by atoms with E-state index >= 15 is 0 Å². The van der Waals surface area contributed by atoms with Crippen LogP contribution in [0.1, 0.15) is 216 Å². The molecule has 23 heteroatoms. The largest absolute Gasteiger partial charge is 0.497 e. The molecule has 6 aromatic carbocycles. The topological polar surface area (TPSA) is 233 Å². The van der Waals surface area contributed by atoms with Gasteiger partial charge >= 0.3 is 5.97 Å². The monoisotopic (exact) mass is 1770 g/mol. The van der Waals surface area contributed by atoms with Crippen LogP contribution in [0.15, 0.2) is 165 Å². The van der Waals surface area contributed by atoms with Crippen LogP contribution in [0.4, 0.5) is 0 Å². The predicted molar refractivity (Wildman–Crippen MR) is 523 cm³/mol.